The van der Waals surface area contributed by atoms with E-state index in [0.717, 1.165) is 30.0 Å². The molecule has 1 heterocycles. The van der Waals surface area contributed by atoms with Gasteiger partial charge in [0.1, 0.15) is 17.3 Å². The summed E-state index contributed by atoms with van der Waals surface area (Å²) in [4.78, 5) is 16.6. The molecule has 0 unspecified atom stereocenters. The monoisotopic (exact) mass is 373 g/mol. The number of hydrogen-bond acceptors (Lipinski definition) is 4. The van der Waals surface area contributed by atoms with Crippen molar-refractivity contribution in [2.75, 3.05) is 5.32 Å². The van der Waals surface area contributed by atoms with Crippen LogP contribution < -0.4 is 15.4 Å². The van der Waals surface area contributed by atoms with Crippen molar-refractivity contribution in [3.63, 3.8) is 0 Å². The van der Waals surface area contributed by atoms with Crippen LogP contribution in [0.3, 0.4) is 0 Å². The minimum Gasteiger partial charge on any atom is -0.457 e. The molecule has 5 heteroatoms. The second-order valence-electron chi connectivity index (χ2n) is 6.95. The first-order chi connectivity index (χ1) is 13.8. The van der Waals surface area contributed by atoms with Gasteiger partial charge in [-0.15, -0.1) is 0 Å². The van der Waals surface area contributed by atoms with E-state index in [-0.39, 0.29) is 5.91 Å². The summed E-state index contributed by atoms with van der Waals surface area (Å²) in [6.45, 7) is 0. The number of nitrogens with zero attached hydrogens (tertiary/aromatic N) is 1. The largest absolute Gasteiger partial charge is 0.457 e. The maximum Gasteiger partial charge on any atom is 0.253 e. The molecule has 5 nitrogen and oxygen atoms in total. The summed E-state index contributed by atoms with van der Waals surface area (Å²) in [5.41, 5.74) is 1.49. The van der Waals surface area contributed by atoms with Crippen LogP contribution in [0.2, 0.25) is 0 Å². The highest BCUT2D eigenvalue weighted by atomic mass is 16.5. The van der Waals surface area contributed by atoms with Crippen molar-refractivity contribution >= 4 is 17.4 Å². The van der Waals surface area contributed by atoms with Crippen LogP contribution in [0.25, 0.3) is 0 Å². The number of nitrogens with one attached hydrogen (secondary N) is 2. The van der Waals surface area contributed by atoms with E-state index in [9.17, 15) is 4.79 Å². The molecule has 142 valence electrons. The fraction of sp³-hybridized carbons (Fsp3) is 0.217. The molecule has 0 aliphatic heterocycles. The van der Waals surface area contributed by atoms with Crippen molar-refractivity contribution in [1.29, 1.82) is 0 Å². The molecule has 4 rings (SSSR count). The van der Waals surface area contributed by atoms with Gasteiger partial charge >= 0.3 is 0 Å². The van der Waals surface area contributed by atoms with Crippen LogP contribution >= 0.6 is 0 Å². The molecule has 2 aromatic carbocycles. The van der Waals surface area contributed by atoms with Gasteiger partial charge in [-0.3, -0.25) is 4.79 Å². The zero-order valence-corrected chi connectivity index (χ0v) is 15.6. The van der Waals surface area contributed by atoms with E-state index in [1.807, 2.05) is 60.7 Å². The first-order valence-corrected chi connectivity index (χ1v) is 9.63. The molecule has 0 saturated heterocycles. The summed E-state index contributed by atoms with van der Waals surface area (Å²) in [5, 5.41) is 6.31. The fourth-order valence-electron chi connectivity index (χ4n) is 3.32. The van der Waals surface area contributed by atoms with E-state index >= 15 is 0 Å². The first-order valence-electron chi connectivity index (χ1n) is 9.63. The van der Waals surface area contributed by atoms with Gasteiger partial charge in [-0.2, -0.15) is 0 Å². The van der Waals surface area contributed by atoms with Crippen molar-refractivity contribution in [3.05, 3.63) is 78.5 Å². The molecule has 1 aliphatic rings. The van der Waals surface area contributed by atoms with Crippen LogP contribution in [-0.2, 0) is 0 Å². The lowest BCUT2D eigenvalue weighted by Gasteiger charge is -2.12. The molecule has 1 fully saturated rings. The van der Waals surface area contributed by atoms with Crippen LogP contribution in [-0.4, -0.2) is 16.9 Å². The number of anilines is 2. The molecule has 3 aromatic rings. The molecule has 28 heavy (non-hydrogen) atoms. The molecule has 1 aliphatic carbocycles. The average Bonchev–Trinajstić information content (AvgIpc) is 3.24. The lowest BCUT2D eigenvalue weighted by Crippen LogP contribution is -2.32. The Labute approximate surface area is 164 Å². The fourth-order valence-corrected chi connectivity index (χ4v) is 3.32. The number of rotatable bonds is 6. The highest BCUT2D eigenvalue weighted by Crippen LogP contribution is 2.24. The number of aromatic nitrogens is 1. The number of amides is 1. The lowest BCUT2D eigenvalue weighted by atomic mass is 10.2. The third kappa shape index (κ3) is 4.68. The zero-order chi connectivity index (χ0) is 19.2. The van der Waals surface area contributed by atoms with Gasteiger partial charge in [0.15, 0.2) is 0 Å². The van der Waals surface area contributed by atoms with Gasteiger partial charge in [0.2, 0.25) is 0 Å². The Kier molecular flexibility index (Phi) is 5.52. The van der Waals surface area contributed by atoms with E-state index in [1.165, 1.54) is 12.8 Å². The zero-order valence-electron chi connectivity index (χ0n) is 15.6. The quantitative estimate of drug-likeness (QED) is 0.616. The van der Waals surface area contributed by atoms with E-state index in [1.54, 1.807) is 12.3 Å². The predicted octanol–water partition coefficient (Wildman–Crippen LogP) is 5.29. The molecule has 1 aromatic heterocycles. The van der Waals surface area contributed by atoms with Crippen molar-refractivity contribution in [2.24, 2.45) is 0 Å². The van der Waals surface area contributed by atoms with E-state index < -0.39 is 0 Å². The highest BCUT2D eigenvalue weighted by Gasteiger charge is 2.18. The Morgan fingerprint density at radius 1 is 0.893 bits per heavy atom. The van der Waals surface area contributed by atoms with Crippen LogP contribution in [0.15, 0.2) is 72.9 Å². The summed E-state index contributed by atoms with van der Waals surface area (Å²) >= 11 is 0. The van der Waals surface area contributed by atoms with Gasteiger partial charge in [-0.05, 0) is 61.4 Å². The van der Waals surface area contributed by atoms with Crippen molar-refractivity contribution in [1.82, 2.24) is 10.3 Å². The van der Waals surface area contributed by atoms with Crippen molar-refractivity contribution in [3.8, 4) is 11.5 Å². The Morgan fingerprint density at radius 3 is 2.29 bits per heavy atom. The molecule has 1 saturated carbocycles. The summed E-state index contributed by atoms with van der Waals surface area (Å²) in [7, 11) is 0. The normalized spacial score (nSPS) is 13.9. The van der Waals surface area contributed by atoms with Crippen LogP contribution in [0, 0.1) is 0 Å². The van der Waals surface area contributed by atoms with Crippen LogP contribution in [0.5, 0.6) is 11.5 Å². The van der Waals surface area contributed by atoms with Crippen molar-refractivity contribution in [2.45, 2.75) is 31.7 Å². The minimum absolute atomic E-state index is 0.0478. The highest BCUT2D eigenvalue weighted by molar-refractivity contribution is 5.94. The molecule has 0 radical (unpaired) electrons. The Bertz CT molecular complexity index is 903. The third-order valence-electron chi connectivity index (χ3n) is 4.82. The van der Waals surface area contributed by atoms with Gasteiger partial charge in [-0.25, -0.2) is 4.98 Å². The Balaban J connectivity index is 1.34. The molecule has 2 N–H and O–H groups in total. The SMILES string of the molecule is O=C(NC1CCCC1)c1ccc(Nc2ccc(Oc3ccccc3)cc2)nc1. The summed E-state index contributed by atoms with van der Waals surface area (Å²) in [6, 6.07) is 21.3. The number of hydrogen-bond donors (Lipinski definition) is 2. The molecule has 1 amide bonds. The van der Waals surface area contributed by atoms with Gasteiger partial charge in [0.25, 0.3) is 5.91 Å². The molecular weight excluding hydrogens is 350 g/mol. The molecular formula is C23H23N3O2. The number of carbonyl (C=O) groups is 1. The average molecular weight is 373 g/mol. The number of benzene rings is 2. The second-order valence-corrected chi connectivity index (χ2v) is 6.95. The Hall–Kier alpha value is -3.34. The smallest absolute Gasteiger partial charge is 0.253 e. The van der Waals surface area contributed by atoms with E-state index in [0.29, 0.717) is 17.4 Å². The van der Waals surface area contributed by atoms with Gasteiger partial charge in [0, 0.05) is 17.9 Å². The first kappa shape index (κ1) is 18.0. The molecule has 0 atom stereocenters. The second kappa shape index (κ2) is 8.57. The predicted molar refractivity (Wildman–Crippen MR) is 110 cm³/mol. The summed E-state index contributed by atoms with van der Waals surface area (Å²) < 4.78 is 5.79. The molecule has 0 spiro atoms. The third-order valence-corrected chi connectivity index (χ3v) is 4.82. The lowest BCUT2D eigenvalue weighted by molar-refractivity contribution is 0.0937. The Morgan fingerprint density at radius 2 is 1.61 bits per heavy atom. The van der Waals surface area contributed by atoms with Gasteiger partial charge in [0.05, 0.1) is 5.56 Å². The number of pyridine rings is 1. The molecule has 0 bridgehead atoms. The van der Waals surface area contributed by atoms with Crippen LogP contribution in [0.4, 0.5) is 11.5 Å². The van der Waals surface area contributed by atoms with E-state index in [4.69, 9.17) is 4.74 Å². The van der Waals surface area contributed by atoms with E-state index in [2.05, 4.69) is 15.6 Å². The summed E-state index contributed by atoms with van der Waals surface area (Å²) in [5.74, 6) is 2.21. The number of ether oxygens (including phenoxy) is 1. The summed E-state index contributed by atoms with van der Waals surface area (Å²) in [6.07, 6.45) is 6.15. The standard InChI is InChI=1S/C23H23N3O2/c27-23(26-18-6-4-5-7-18)17-10-15-22(24-16-17)25-19-11-13-21(14-12-19)28-20-8-2-1-3-9-20/h1-3,8-16,18H,4-7H2,(H,24,25)(H,26,27). The maximum atomic E-state index is 12.3. The topological polar surface area (TPSA) is 63.2 Å². The van der Waals surface area contributed by atoms with Crippen LogP contribution in [0.1, 0.15) is 36.0 Å². The minimum atomic E-state index is -0.0478. The van der Waals surface area contributed by atoms with Gasteiger partial charge < -0.3 is 15.4 Å². The van der Waals surface area contributed by atoms with Crippen molar-refractivity contribution < 1.29 is 9.53 Å². The van der Waals surface area contributed by atoms with Gasteiger partial charge in [-0.1, -0.05) is 31.0 Å². The number of carbonyl (C=O) groups excluding carboxylic acids is 1. The number of para-hydroxylation sites is 1. The maximum absolute atomic E-state index is 12.3.